The Bertz CT molecular complexity index is 1040. The van der Waals surface area contributed by atoms with Crippen LogP contribution in [-0.2, 0) is 22.6 Å². The zero-order valence-electron chi connectivity index (χ0n) is 18.4. The van der Waals surface area contributed by atoms with Crippen LogP contribution in [-0.4, -0.2) is 45.7 Å². The zero-order valence-corrected chi connectivity index (χ0v) is 18.4. The molecule has 1 aromatic heterocycles. The molecule has 3 aromatic rings. The number of para-hydroxylation sites is 1. The third-order valence-corrected chi connectivity index (χ3v) is 5.97. The minimum Gasteiger partial charge on any atom is -0.361 e. The van der Waals surface area contributed by atoms with E-state index in [2.05, 4.69) is 17.1 Å². The van der Waals surface area contributed by atoms with Crippen LogP contribution in [0, 0.1) is 5.92 Å². The van der Waals surface area contributed by atoms with Crippen molar-refractivity contribution < 1.29 is 9.59 Å². The standard InChI is InChI=1S/C26H31N3O2/c1-19(2)26(31)29(22-12-13-22)18-25(30)28(17-20-8-4-3-5-9-20)15-14-21-16-27-24-11-7-6-10-23(21)24/h3-11,16,19,22,27H,12-15,17-18H2,1-2H3. The summed E-state index contributed by atoms with van der Waals surface area (Å²) in [4.78, 5) is 33.1. The van der Waals surface area contributed by atoms with Gasteiger partial charge in [0.15, 0.2) is 0 Å². The van der Waals surface area contributed by atoms with Crippen LogP contribution in [0.25, 0.3) is 10.9 Å². The highest BCUT2D eigenvalue weighted by Gasteiger charge is 2.35. The number of benzene rings is 2. The van der Waals surface area contributed by atoms with Crippen LogP contribution in [0.1, 0.15) is 37.8 Å². The molecule has 0 unspecified atom stereocenters. The van der Waals surface area contributed by atoms with Gasteiger partial charge in [-0.25, -0.2) is 0 Å². The van der Waals surface area contributed by atoms with Crippen molar-refractivity contribution in [1.82, 2.24) is 14.8 Å². The lowest BCUT2D eigenvalue weighted by atomic mass is 10.1. The number of amides is 2. The molecule has 2 amide bonds. The van der Waals surface area contributed by atoms with E-state index in [-0.39, 0.29) is 30.3 Å². The Balaban J connectivity index is 1.50. The van der Waals surface area contributed by atoms with Crippen LogP contribution < -0.4 is 0 Å². The van der Waals surface area contributed by atoms with E-state index >= 15 is 0 Å². The number of carbonyl (C=O) groups is 2. The molecule has 1 fully saturated rings. The first-order valence-corrected chi connectivity index (χ1v) is 11.2. The van der Waals surface area contributed by atoms with E-state index in [1.165, 1.54) is 10.9 Å². The molecule has 2 aromatic carbocycles. The minimum atomic E-state index is -0.0952. The first-order chi connectivity index (χ1) is 15.0. The summed E-state index contributed by atoms with van der Waals surface area (Å²) in [6, 6.07) is 18.5. The fourth-order valence-electron chi connectivity index (χ4n) is 4.04. The van der Waals surface area contributed by atoms with Gasteiger partial charge < -0.3 is 14.8 Å². The number of rotatable bonds is 9. The first-order valence-electron chi connectivity index (χ1n) is 11.2. The zero-order chi connectivity index (χ0) is 21.8. The van der Waals surface area contributed by atoms with Crippen LogP contribution in [0.2, 0.25) is 0 Å². The van der Waals surface area contributed by atoms with E-state index in [0.29, 0.717) is 13.1 Å². The van der Waals surface area contributed by atoms with Gasteiger partial charge in [0.05, 0.1) is 0 Å². The number of nitrogens with one attached hydrogen (secondary N) is 1. The Morgan fingerprint density at radius 1 is 1.03 bits per heavy atom. The number of aromatic nitrogens is 1. The molecule has 0 spiro atoms. The first kappa shape index (κ1) is 21.2. The van der Waals surface area contributed by atoms with Crippen LogP contribution in [0.5, 0.6) is 0 Å². The second kappa shape index (κ2) is 9.38. The van der Waals surface area contributed by atoms with Gasteiger partial charge in [0.25, 0.3) is 0 Å². The van der Waals surface area contributed by atoms with Crippen molar-refractivity contribution in [3.8, 4) is 0 Å². The molecule has 0 saturated heterocycles. The van der Waals surface area contributed by atoms with Crippen LogP contribution in [0.4, 0.5) is 0 Å². The molecule has 0 bridgehead atoms. The number of hydrogen-bond donors (Lipinski definition) is 1. The smallest absolute Gasteiger partial charge is 0.242 e. The molecule has 31 heavy (non-hydrogen) atoms. The highest BCUT2D eigenvalue weighted by atomic mass is 16.2. The summed E-state index contributed by atoms with van der Waals surface area (Å²) in [6.07, 6.45) is 4.80. The Labute approximate surface area is 184 Å². The largest absolute Gasteiger partial charge is 0.361 e. The molecule has 1 aliphatic carbocycles. The van der Waals surface area contributed by atoms with Gasteiger partial charge in [0.1, 0.15) is 6.54 Å². The number of hydrogen-bond acceptors (Lipinski definition) is 2. The summed E-state index contributed by atoms with van der Waals surface area (Å²) < 4.78 is 0. The van der Waals surface area contributed by atoms with E-state index in [1.807, 2.05) is 67.4 Å². The molecule has 4 rings (SSSR count). The number of nitrogens with zero attached hydrogens (tertiary/aromatic N) is 2. The molecule has 1 saturated carbocycles. The number of aromatic amines is 1. The average molecular weight is 418 g/mol. The quantitative estimate of drug-likeness (QED) is 0.561. The van der Waals surface area contributed by atoms with Gasteiger partial charge in [-0.2, -0.15) is 0 Å². The molecule has 0 aliphatic heterocycles. The lowest BCUT2D eigenvalue weighted by Gasteiger charge is -2.29. The van der Waals surface area contributed by atoms with Crippen molar-refractivity contribution in [2.45, 2.75) is 45.7 Å². The predicted octanol–water partition coefficient (Wildman–Crippen LogP) is 4.39. The van der Waals surface area contributed by atoms with Crippen LogP contribution in [0.3, 0.4) is 0 Å². The lowest BCUT2D eigenvalue weighted by molar-refractivity contribution is -0.143. The van der Waals surface area contributed by atoms with E-state index in [1.54, 1.807) is 4.90 Å². The second-order valence-electron chi connectivity index (χ2n) is 8.76. The summed E-state index contributed by atoms with van der Waals surface area (Å²) in [6.45, 7) is 5.14. The molecule has 5 nitrogen and oxygen atoms in total. The molecular weight excluding hydrogens is 386 g/mol. The Morgan fingerprint density at radius 3 is 2.45 bits per heavy atom. The third-order valence-electron chi connectivity index (χ3n) is 5.97. The lowest BCUT2D eigenvalue weighted by Crippen LogP contribution is -2.45. The van der Waals surface area contributed by atoms with Crippen molar-refractivity contribution in [3.05, 3.63) is 71.9 Å². The average Bonchev–Trinajstić information content (AvgIpc) is 3.54. The monoisotopic (exact) mass is 417 g/mol. The topological polar surface area (TPSA) is 56.4 Å². The predicted molar refractivity (Wildman–Crippen MR) is 123 cm³/mol. The van der Waals surface area contributed by atoms with Gasteiger partial charge in [0.2, 0.25) is 11.8 Å². The SMILES string of the molecule is CC(C)C(=O)N(CC(=O)N(CCc1c[nH]c2ccccc12)Cc1ccccc1)C1CC1. The summed E-state index contributed by atoms with van der Waals surface area (Å²) in [7, 11) is 0. The number of H-pyrrole nitrogens is 1. The fourth-order valence-corrected chi connectivity index (χ4v) is 4.04. The van der Waals surface area contributed by atoms with Gasteiger partial charge >= 0.3 is 0 Å². The third kappa shape index (κ3) is 5.16. The summed E-state index contributed by atoms with van der Waals surface area (Å²) >= 11 is 0. The van der Waals surface area contributed by atoms with Gasteiger partial charge in [0, 0.05) is 42.1 Å². The highest BCUT2D eigenvalue weighted by molar-refractivity contribution is 5.86. The molecule has 0 radical (unpaired) electrons. The maximum absolute atomic E-state index is 13.4. The maximum Gasteiger partial charge on any atom is 0.242 e. The summed E-state index contributed by atoms with van der Waals surface area (Å²) in [5.74, 6) is -0.000993. The number of carbonyl (C=O) groups excluding carboxylic acids is 2. The highest BCUT2D eigenvalue weighted by Crippen LogP contribution is 2.28. The molecule has 162 valence electrons. The summed E-state index contributed by atoms with van der Waals surface area (Å²) in [5.41, 5.74) is 3.42. The Morgan fingerprint density at radius 2 is 1.74 bits per heavy atom. The number of fused-ring (bicyclic) bond motifs is 1. The van der Waals surface area contributed by atoms with Crippen LogP contribution >= 0.6 is 0 Å². The Kier molecular flexibility index (Phi) is 6.40. The van der Waals surface area contributed by atoms with Crippen LogP contribution in [0.15, 0.2) is 60.8 Å². The molecule has 1 aliphatic rings. The van der Waals surface area contributed by atoms with Crippen molar-refractivity contribution >= 4 is 22.7 Å². The van der Waals surface area contributed by atoms with E-state index in [0.717, 1.165) is 30.3 Å². The second-order valence-corrected chi connectivity index (χ2v) is 8.76. The van der Waals surface area contributed by atoms with Crippen molar-refractivity contribution in [2.24, 2.45) is 5.92 Å². The molecule has 5 heteroatoms. The molecule has 1 N–H and O–H groups in total. The molecule has 0 atom stereocenters. The van der Waals surface area contributed by atoms with Crippen molar-refractivity contribution in [1.29, 1.82) is 0 Å². The molecule has 1 heterocycles. The van der Waals surface area contributed by atoms with Crippen molar-refractivity contribution in [2.75, 3.05) is 13.1 Å². The normalized spacial score (nSPS) is 13.5. The fraction of sp³-hybridized carbons (Fsp3) is 0.385. The summed E-state index contributed by atoms with van der Waals surface area (Å²) in [5, 5.41) is 1.20. The maximum atomic E-state index is 13.4. The van der Waals surface area contributed by atoms with E-state index in [9.17, 15) is 9.59 Å². The van der Waals surface area contributed by atoms with Gasteiger partial charge in [-0.1, -0.05) is 62.4 Å². The minimum absolute atomic E-state index is 0.0181. The van der Waals surface area contributed by atoms with Gasteiger partial charge in [-0.05, 0) is 36.5 Å². The van der Waals surface area contributed by atoms with E-state index in [4.69, 9.17) is 0 Å². The van der Waals surface area contributed by atoms with Gasteiger partial charge in [-0.15, -0.1) is 0 Å². The molecular formula is C26H31N3O2. The van der Waals surface area contributed by atoms with E-state index < -0.39 is 0 Å². The van der Waals surface area contributed by atoms with Crippen molar-refractivity contribution in [3.63, 3.8) is 0 Å². The van der Waals surface area contributed by atoms with Gasteiger partial charge in [-0.3, -0.25) is 9.59 Å². The Hall–Kier alpha value is -3.08.